The van der Waals surface area contributed by atoms with E-state index in [1.54, 1.807) is 0 Å². The molecular weight excluding hydrogens is 422 g/mol. The lowest BCUT2D eigenvalue weighted by Gasteiger charge is -2.31. The van der Waals surface area contributed by atoms with Crippen LogP contribution in [0.3, 0.4) is 0 Å². The molecule has 33 heavy (non-hydrogen) atoms. The number of carbonyl (C=O) groups is 1. The molecule has 0 spiro atoms. The molecule has 2 aromatic carbocycles. The van der Waals surface area contributed by atoms with Gasteiger partial charge in [-0.1, -0.05) is 39.0 Å². The van der Waals surface area contributed by atoms with Crippen LogP contribution in [0.15, 0.2) is 36.4 Å². The number of fused-ring (bicyclic) bond motifs is 1. The Bertz CT molecular complexity index is 951. The molecule has 2 aromatic rings. The average Bonchev–Trinajstić information content (AvgIpc) is 2.69. The SMILES string of the molecule is CC(=O)N[C@@H](Cc1cc(F)cc(F)c1)[C@@H](O)CN[C@H]1CCCc2ccc(CC(C)(C)C)cc21. The van der Waals surface area contributed by atoms with Gasteiger partial charge < -0.3 is 15.7 Å². The summed E-state index contributed by atoms with van der Waals surface area (Å²) < 4.78 is 27.2. The van der Waals surface area contributed by atoms with Gasteiger partial charge in [0.2, 0.25) is 5.91 Å². The van der Waals surface area contributed by atoms with Crippen molar-refractivity contribution in [3.63, 3.8) is 0 Å². The highest BCUT2D eigenvalue weighted by atomic mass is 19.1. The number of aryl methyl sites for hydroxylation is 1. The highest BCUT2D eigenvalue weighted by Crippen LogP contribution is 2.32. The predicted molar refractivity (Wildman–Crippen MR) is 127 cm³/mol. The fourth-order valence-electron chi connectivity index (χ4n) is 4.72. The average molecular weight is 459 g/mol. The monoisotopic (exact) mass is 458 g/mol. The number of aliphatic hydroxyl groups excluding tert-OH is 1. The van der Waals surface area contributed by atoms with Gasteiger partial charge in [0.25, 0.3) is 0 Å². The van der Waals surface area contributed by atoms with Crippen LogP contribution in [-0.2, 0) is 24.1 Å². The minimum absolute atomic E-state index is 0.118. The van der Waals surface area contributed by atoms with Crippen LogP contribution in [0.25, 0.3) is 0 Å². The van der Waals surface area contributed by atoms with Crippen molar-refractivity contribution < 1.29 is 18.7 Å². The molecule has 0 heterocycles. The molecule has 0 bridgehead atoms. The van der Waals surface area contributed by atoms with Gasteiger partial charge in [0.1, 0.15) is 11.6 Å². The van der Waals surface area contributed by atoms with E-state index in [1.807, 2.05) is 0 Å². The fourth-order valence-corrected chi connectivity index (χ4v) is 4.72. The zero-order valence-corrected chi connectivity index (χ0v) is 20.1. The number of carbonyl (C=O) groups excluding carboxylic acids is 1. The lowest BCUT2D eigenvalue weighted by Crippen LogP contribution is -2.48. The van der Waals surface area contributed by atoms with Crippen molar-refractivity contribution in [2.24, 2.45) is 5.41 Å². The van der Waals surface area contributed by atoms with Crippen molar-refractivity contribution in [1.29, 1.82) is 0 Å². The second kappa shape index (κ2) is 10.7. The summed E-state index contributed by atoms with van der Waals surface area (Å²) in [6.07, 6.45) is 3.29. The van der Waals surface area contributed by atoms with E-state index in [1.165, 1.54) is 35.7 Å². The first-order chi connectivity index (χ1) is 15.5. The quantitative estimate of drug-likeness (QED) is 0.541. The van der Waals surface area contributed by atoms with E-state index < -0.39 is 23.8 Å². The third kappa shape index (κ3) is 7.61. The lowest BCUT2D eigenvalue weighted by atomic mass is 9.82. The highest BCUT2D eigenvalue weighted by molar-refractivity contribution is 5.73. The summed E-state index contributed by atoms with van der Waals surface area (Å²) in [5.74, 6) is -1.65. The van der Waals surface area contributed by atoms with Crippen LogP contribution in [0.1, 0.15) is 68.8 Å². The molecule has 0 aliphatic heterocycles. The maximum Gasteiger partial charge on any atom is 0.217 e. The summed E-state index contributed by atoms with van der Waals surface area (Å²) >= 11 is 0. The van der Waals surface area contributed by atoms with Gasteiger partial charge in [0.15, 0.2) is 0 Å². The molecule has 0 saturated carbocycles. The van der Waals surface area contributed by atoms with E-state index in [9.17, 15) is 18.7 Å². The number of rotatable bonds is 8. The molecule has 0 unspecified atom stereocenters. The van der Waals surface area contributed by atoms with Gasteiger partial charge in [0, 0.05) is 25.6 Å². The molecule has 4 nitrogen and oxygen atoms in total. The number of benzene rings is 2. The number of halogens is 2. The van der Waals surface area contributed by atoms with E-state index in [4.69, 9.17) is 0 Å². The Labute approximate surface area is 195 Å². The molecule has 3 rings (SSSR count). The summed E-state index contributed by atoms with van der Waals surface area (Å²) in [6, 6.07) is 9.44. The number of nitrogens with one attached hydrogen (secondary N) is 2. The number of hydrogen-bond donors (Lipinski definition) is 3. The number of hydrogen-bond acceptors (Lipinski definition) is 3. The summed E-state index contributed by atoms with van der Waals surface area (Å²) in [7, 11) is 0. The Kier molecular flexibility index (Phi) is 8.24. The topological polar surface area (TPSA) is 61.4 Å². The minimum atomic E-state index is -0.914. The maximum absolute atomic E-state index is 13.6. The molecule has 6 heteroatoms. The van der Waals surface area contributed by atoms with Crippen molar-refractivity contribution in [2.75, 3.05) is 6.54 Å². The second-order valence-corrected chi connectivity index (χ2v) is 10.5. The Morgan fingerprint density at radius 3 is 2.45 bits per heavy atom. The van der Waals surface area contributed by atoms with Crippen LogP contribution >= 0.6 is 0 Å². The second-order valence-electron chi connectivity index (χ2n) is 10.5. The highest BCUT2D eigenvalue weighted by Gasteiger charge is 2.25. The van der Waals surface area contributed by atoms with Crippen molar-refractivity contribution in [1.82, 2.24) is 10.6 Å². The molecule has 0 saturated heterocycles. The fraction of sp³-hybridized carbons (Fsp3) is 0.519. The van der Waals surface area contributed by atoms with E-state index in [2.05, 4.69) is 49.6 Å². The summed E-state index contributed by atoms with van der Waals surface area (Å²) in [4.78, 5) is 11.7. The number of amides is 1. The third-order valence-corrected chi connectivity index (χ3v) is 6.06. The molecule has 1 aliphatic rings. The van der Waals surface area contributed by atoms with E-state index in [0.717, 1.165) is 31.7 Å². The Hall–Kier alpha value is -2.31. The third-order valence-electron chi connectivity index (χ3n) is 6.06. The Morgan fingerprint density at radius 2 is 1.82 bits per heavy atom. The zero-order chi connectivity index (χ0) is 24.2. The Balaban J connectivity index is 1.70. The van der Waals surface area contributed by atoms with Crippen molar-refractivity contribution in [3.05, 3.63) is 70.3 Å². The molecule has 3 atom stereocenters. The van der Waals surface area contributed by atoms with Crippen molar-refractivity contribution >= 4 is 5.91 Å². The number of aliphatic hydroxyl groups is 1. The summed E-state index contributed by atoms with van der Waals surface area (Å²) in [5, 5.41) is 17.1. The lowest BCUT2D eigenvalue weighted by molar-refractivity contribution is -0.120. The summed E-state index contributed by atoms with van der Waals surface area (Å²) in [5.41, 5.74) is 4.50. The molecule has 0 fully saturated rings. The van der Waals surface area contributed by atoms with Crippen LogP contribution < -0.4 is 10.6 Å². The van der Waals surface area contributed by atoms with E-state index in [-0.39, 0.29) is 30.3 Å². The van der Waals surface area contributed by atoms with Gasteiger partial charge in [0.05, 0.1) is 12.1 Å². The maximum atomic E-state index is 13.6. The normalized spacial score (nSPS) is 17.8. The first kappa shape index (κ1) is 25.3. The van der Waals surface area contributed by atoms with Gasteiger partial charge in [-0.2, -0.15) is 0 Å². The van der Waals surface area contributed by atoms with Gasteiger partial charge in [-0.25, -0.2) is 8.78 Å². The van der Waals surface area contributed by atoms with Crippen LogP contribution in [0.4, 0.5) is 8.78 Å². The minimum Gasteiger partial charge on any atom is -0.390 e. The van der Waals surface area contributed by atoms with Crippen LogP contribution in [-0.4, -0.2) is 29.7 Å². The summed E-state index contributed by atoms with van der Waals surface area (Å²) in [6.45, 7) is 8.31. The van der Waals surface area contributed by atoms with Crippen LogP contribution in [0.5, 0.6) is 0 Å². The molecule has 0 radical (unpaired) electrons. The van der Waals surface area contributed by atoms with E-state index >= 15 is 0 Å². The van der Waals surface area contributed by atoms with Gasteiger partial charge in [-0.15, -0.1) is 0 Å². The molecule has 3 N–H and O–H groups in total. The van der Waals surface area contributed by atoms with Crippen LogP contribution in [0.2, 0.25) is 0 Å². The van der Waals surface area contributed by atoms with Crippen molar-refractivity contribution in [3.8, 4) is 0 Å². The predicted octanol–water partition coefficient (Wildman–Crippen LogP) is 4.63. The standard InChI is InChI=1S/C27H36F2N2O2/c1-17(32)31-25(13-19-10-21(28)14-22(29)11-19)26(33)16-30-24-7-5-6-20-9-8-18(12-23(20)24)15-27(2,3)4/h8-12,14,24-26,30,33H,5-7,13,15-16H2,1-4H3,(H,31,32)/t24-,25-,26-/m0/s1. The molecule has 1 amide bonds. The van der Waals surface area contributed by atoms with Gasteiger partial charge in [-0.3, -0.25) is 4.79 Å². The molecule has 180 valence electrons. The smallest absolute Gasteiger partial charge is 0.217 e. The van der Waals surface area contributed by atoms with Crippen molar-refractivity contribution in [2.45, 2.75) is 78.0 Å². The first-order valence-electron chi connectivity index (χ1n) is 11.8. The molecular formula is C27H36F2N2O2. The molecule has 0 aromatic heterocycles. The first-order valence-corrected chi connectivity index (χ1v) is 11.8. The molecule has 1 aliphatic carbocycles. The van der Waals surface area contributed by atoms with Gasteiger partial charge in [-0.05, 0) is 71.9 Å². The van der Waals surface area contributed by atoms with Gasteiger partial charge >= 0.3 is 0 Å². The van der Waals surface area contributed by atoms with E-state index in [0.29, 0.717) is 5.56 Å². The Morgan fingerprint density at radius 1 is 1.12 bits per heavy atom. The largest absolute Gasteiger partial charge is 0.390 e. The zero-order valence-electron chi connectivity index (χ0n) is 20.1. The van der Waals surface area contributed by atoms with Crippen LogP contribution in [0, 0.1) is 17.0 Å².